The maximum absolute atomic E-state index is 8.33. The maximum Gasteiger partial charge on any atom is 0.0705 e. The molecule has 12 heavy (non-hydrogen) atoms. The minimum Gasteiger partial charge on any atom is -0.268 e. The highest BCUT2D eigenvalue weighted by Gasteiger charge is 1.86. The molecule has 0 aromatic heterocycles. The van der Waals surface area contributed by atoms with Crippen molar-refractivity contribution in [3.8, 4) is 12.1 Å². The summed E-state index contributed by atoms with van der Waals surface area (Å²) in [6.45, 7) is 3.52. The van der Waals surface area contributed by atoms with E-state index in [4.69, 9.17) is 10.5 Å². The van der Waals surface area contributed by atoms with Gasteiger partial charge in [0, 0.05) is 12.4 Å². The average Bonchev–Trinajstić information content (AvgIpc) is 2.10. The first-order chi connectivity index (χ1) is 5.85. The molecule has 0 heterocycles. The number of aliphatic imine (C=N–C) groups is 1. The molecule has 0 unspecified atom stereocenters. The second-order valence-corrected chi connectivity index (χ2v) is 1.94. The molecule has 0 rings (SSSR count). The van der Waals surface area contributed by atoms with Crippen molar-refractivity contribution >= 4 is 6.21 Å². The lowest BCUT2D eigenvalue weighted by atomic mass is 10.2. The van der Waals surface area contributed by atoms with Crippen LogP contribution in [0.4, 0.5) is 0 Å². The molecule has 0 saturated carbocycles. The molecule has 3 nitrogen and oxygen atoms in total. The van der Waals surface area contributed by atoms with E-state index in [9.17, 15) is 0 Å². The molecule has 60 valence electrons. The fourth-order valence-corrected chi connectivity index (χ4v) is 0.504. The summed E-state index contributed by atoms with van der Waals surface area (Å²) in [5, 5.41) is 16.5. The van der Waals surface area contributed by atoms with Crippen LogP contribution in [0.3, 0.4) is 0 Å². The van der Waals surface area contributed by atoms with Gasteiger partial charge in [-0.1, -0.05) is 12.7 Å². The van der Waals surface area contributed by atoms with Gasteiger partial charge in [-0.15, -0.1) is 0 Å². The van der Waals surface area contributed by atoms with E-state index in [0.717, 1.165) is 5.57 Å². The molecular weight excluding hydrogens is 150 g/mol. The highest BCUT2D eigenvalue weighted by Crippen LogP contribution is 2.00. The third-order valence-electron chi connectivity index (χ3n) is 1.07. The second-order valence-electron chi connectivity index (χ2n) is 1.94. The van der Waals surface area contributed by atoms with Crippen molar-refractivity contribution in [2.45, 2.75) is 12.8 Å². The van der Waals surface area contributed by atoms with Crippen LogP contribution in [-0.2, 0) is 0 Å². The van der Waals surface area contributed by atoms with Crippen LogP contribution in [0.1, 0.15) is 12.8 Å². The predicted molar refractivity (Wildman–Crippen MR) is 47.2 cm³/mol. The minimum absolute atomic E-state index is 0.285. The van der Waals surface area contributed by atoms with E-state index in [2.05, 4.69) is 11.6 Å². The lowest BCUT2D eigenvalue weighted by Crippen LogP contribution is -1.74. The Morgan fingerprint density at radius 3 is 2.67 bits per heavy atom. The Morgan fingerprint density at radius 2 is 2.17 bits per heavy atom. The number of nitrogens with zero attached hydrogens (tertiary/aromatic N) is 3. The number of nitriles is 2. The Labute approximate surface area is 72.0 Å². The van der Waals surface area contributed by atoms with E-state index in [1.807, 2.05) is 12.1 Å². The zero-order valence-corrected chi connectivity index (χ0v) is 6.70. The molecule has 0 saturated heterocycles. The van der Waals surface area contributed by atoms with Crippen molar-refractivity contribution in [2.75, 3.05) is 0 Å². The number of hydrogen-bond acceptors (Lipinski definition) is 3. The summed E-state index contributed by atoms with van der Waals surface area (Å²) in [4.78, 5) is 3.82. The zero-order chi connectivity index (χ0) is 9.23. The number of hydrogen-bond donors (Lipinski definition) is 0. The van der Waals surface area contributed by atoms with Gasteiger partial charge in [0.15, 0.2) is 0 Å². The number of rotatable bonds is 4. The first kappa shape index (κ1) is 10.1. The number of allylic oxidation sites excluding steroid dienone is 2. The van der Waals surface area contributed by atoms with Crippen molar-refractivity contribution in [1.82, 2.24) is 0 Å². The predicted octanol–water partition coefficient (Wildman–Crippen LogP) is 1.95. The summed E-state index contributed by atoms with van der Waals surface area (Å²) in [5.41, 5.74) is 0.756. The third-order valence-corrected chi connectivity index (χ3v) is 1.07. The van der Waals surface area contributed by atoms with Gasteiger partial charge in [-0.05, 0) is 5.57 Å². The van der Waals surface area contributed by atoms with Gasteiger partial charge in [-0.3, -0.25) is 4.99 Å². The highest BCUT2D eigenvalue weighted by atomic mass is 14.7. The summed E-state index contributed by atoms with van der Waals surface area (Å²) < 4.78 is 0. The van der Waals surface area contributed by atoms with Crippen molar-refractivity contribution in [2.24, 2.45) is 4.99 Å². The second kappa shape index (κ2) is 7.24. The summed E-state index contributed by atoms with van der Waals surface area (Å²) in [5.74, 6) is 0. The smallest absolute Gasteiger partial charge is 0.0705 e. The summed E-state index contributed by atoms with van der Waals surface area (Å²) in [6.07, 6.45) is 5.18. The fourth-order valence-electron chi connectivity index (χ4n) is 0.504. The van der Waals surface area contributed by atoms with Gasteiger partial charge in [0.2, 0.25) is 0 Å². The van der Waals surface area contributed by atoms with Gasteiger partial charge in [0.1, 0.15) is 0 Å². The Bertz CT molecular complexity index is 273. The Hall–Kier alpha value is -1.87. The molecule has 3 heteroatoms. The van der Waals surface area contributed by atoms with Crippen molar-refractivity contribution < 1.29 is 0 Å². The molecule has 0 aliphatic heterocycles. The standard InChI is InChI=1S/C9H9N3/c1-2-9(4-6-11)8-12-7-3-5-10/h2,7-8H,1,3-4H2/b9-8+,12-7?. The van der Waals surface area contributed by atoms with E-state index >= 15 is 0 Å². The van der Waals surface area contributed by atoms with E-state index in [1.54, 1.807) is 6.08 Å². The molecule has 0 aromatic carbocycles. The molecule has 0 aromatic rings. The molecule has 0 N–H and O–H groups in total. The van der Waals surface area contributed by atoms with Crippen LogP contribution in [0.15, 0.2) is 29.4 Å². The summed E-state index contributed by atoms with van der Waals surface area (Å²) in [6, 6.07) is 3.90. The van der Waals surface area contributed by atoms with Crippen molar-refractivity contribution in [3.63, 3.8) is 0 Å². The third kappa shape index (κ3) is 4.96. The topological polar surface area (TPSA) is 59.9 Å². The van der Waals surface area contributed by atoms with Gasteiger partial charge in [0.05, 0.1) is 25.0 Å². The zero-order valence-electron chi connectivity index (χ0n) is 6.70. The van der Waals surface area contributed by atoms with E-state index in [-0.39, 0.29) is 6.42 Å². The van der Waals surface area contributed by atoms with Crippen LogP contribution in [0.2, 0.25) is 0 Å². The van der Waals surface area contributed by atoms with Gasteiger partial charge in [-0.25, -0.2) is 0 Å². The lowest BCUT2D eigenvalue weighted by Gasteiger charge is -1.87. The van der Waals surface area contributed by atoms with Crippen LogP contribution in [0.25, 0.3) is 0 Å². The summed E-state index contributed by atoms with van der Waals surface area (Å²) >= 11 is 0. The molecule has 0 bridgehead atoms. The van der Waals surface area contributed by atoms with Crippen LogP contribution in [0, 0.1) is 22.7 Å². The normalized spacial score (nSPS) is 10.7. The summed E-state index contributed by atoms with van der Waals surface area (Å²) in [7, 11) is 0. The van der Waals surface area contributed by atoms with E-state index < -0.39 is 0 Å². The highest BCUT2D eigenvalue weighted by molar-refractivity contribution is 5.61. The van der Waals surface area contributed by atoms with Crippen molar-refractivity contribution in [3.05, 3.63) is 24.4 Å². The van der Waals surface area contributed by atoms with Gasteiger partial charge in [-0.2, -0.15) is 10.5 Å². The maximum atomic E-state index is 8.33. The minimum atomic E-state index is 0.285. The van der Waals surface area contributed by atoms with Crippen molar-refractivity contribution in [1.29, 1.82) is 10.5 Å². The molecule has 0 fully saturated rings. The molecule has 0 aliphatic carbocycles. The average molecular weight is 159 g/mol. The molecular formula is C9H9N3. The van der Waals surface area contributed by atoms with Crippen LogP contribution < -0.4 is 0 Å². The first-order valence-corrected chi connectivity index (χ1v) is 3.42. The van der Waals surface area contributed by atoms with Crippen LogP contribution in [-0.4, -0.2) is 6.21 Å². The largest absolute Gasteiger partial charge is 0.268 e. The molecule has 0 atom stereocenters. The Kier molecular flexibility index (Phi) is 6.11. The lowest BCUT2D eigenvalue weighted by molar-refractivity contribution is 1.25. The monoisotopic (exact) mass is 159 g/mol. The quantitative estimate of drug-likeness (QED) is 0.465. The fraction of sp³-hybridized carbons (Fsp3) is 0.222. The molecule has 0 radical (unpaired) electrons. The van der Waals surface area contributed by atoms with E-state index in [0.29, 0.717) is 6.42 Å². The Balaban J connectivity index is 4.05. The van der Waals surface area contributed by atoms with Gasteiger partial charge in [0.25, 0.3) is 0 Å². The van der Waals surface area contributed by atoms with Gasteiger partial charge >= 0.3 is 0 Å². The van der Waals surface area contributed by atoms with Crippen LogP contribution in [0.5, 0.6) is 0 Å². The molecule has 0 amide bonds. The SMILES string of the molecule is C=C/C(=C\N=CCC#N)CC#N. The first-order valence-electron chi connectivity index (χ1n) is 3.42. The van der Waals surface area contributed by atoms with Crippen LogP contribution >= 0.6 is 0 Å². The van der Waals surface area contributed by atoms with E-state index in [1.165, 1.54) is 12.4 Å². The Morgan fingerprint density at radius 1 is 1.42 bits per heavy atom. The molecule has 0 aliphatic rings. The van der Waals surface area contributed by atoms with Gasteiger partial charge < -0.3 is 0 Å². The molecule has 0 spiro atoms.